The highest BCUT2D eigenvalue weighted by atomic mass is 19.4. The number of halogens is 3. The SMILES string of the molecule is C=C(Nc1cc([N+](=O)[O-])c(C(=O)N2CCN(C)CC2)cc1OC)C(F)(F)F. The quantitative estimate of drug-likeness (QED) is 0.616. The number of carbonyl (C=O) groups is 1. The zero-order valence-corrected chi connectivity index (χ0v) is 14.8. The van der Waals surface area contributed by atoms with E-state index < -0.39 is 28.4 Å². The summed E-state index contributed by atoms with van der Waals surface area (Å²) in [6.45, 7) is 4.87. The van der Waals surface area contributed by atoms with E-state index in [1.807, 2.05) is 17.3 Å². The van der Waals surface area contributed by atoms with E-state index in [1.165, 1.54) is 12.0 Å². The highest BCUT2D eigenvalue weighted by molar-refractivity contribution is 5.99. The van der Waals surface area contributed by atoms with E-state index in [9.17, 15) is 28.1 Å². The van der Waals surface area contributed by atoms with Gasteiger partial charge in [0.15, 0.2) is 0 Å². The molecule has 0 radical (unpaired) electrons. The molecule has 1 N–H and O–H groups in total. The zero-order chi connectivity index (χ0) is 20.4. The number of nitrogens with one attached hydrogen (secondary N) is 1. The lowest BCUT2D eigenvalue weighted by molar-refractivity contribution is -0.385. The molecule has 1 aromatic carbocycles. The van der Waals surface area contributed by atoms with Gasteiger partial charge < -0.3 is 19.9 Å². The minimum absolute atomic E-state index is 0.136. The maximum absolute atomic E-state index is 12.7. The topological polar surface area (TPSA) is 88.0 Å². The highest BCUT2D eigenvalue weighted by Gasteiger charge is 2.34. The lowest BCUT2D eigenvalue weighted by Crippen LogP contribution is -2.47. The van der Waals surface area contributed by atoms with E-state index in [4.69, 9.17) is 4.74 Å². The molecule has 1 aliphatic rings. The second-order valence-corrected chi connectivity index (χ2v) is 6.02. The number of methoxy groups -OCH3 is 1. The highest BCUT2D eigenvalue weighted by Crippen LogP contribution is 2.36. The number of carbonyl (C=O) groups excluding carboxylic acids is 1. The molecule has 1 saturated heterocycles. The molecule has 0 saturated carbocycles. The van der Waals surface area contributed by atoms with Gasteiger partial charge in [0, 0.05) is 38.3 Å². The summed E-state index contributed by atoms with van der Waals surface area (Å²) in [7, 11) is 3.08. The summed E-state index contributed by atoms with van der Waals surface area (Å²) in [5, 5.41) is 13.4. The standard InChI is InChI=1S/C16H19F3N4O4/c1-10(16(17,18)19)20-12-9-13(23(25)26)11(8-14(12)27-3)15(24)22-6-4-21(2)5-7-22/h8-9,20H,1,4-7H2,2-3H3. The number of hydrogen-bond donors (Lipinski definition) is 1. The summed E-state index contributed by atoms with van der Waals surface area (Å²) in [6.07, 6.45) is -4.74. The average molecular weight is 388 g/mol. The van der Waals surface area contributed by atoms with Crippen molar-refractivity contribution in [1.29, 1.82) is 0 Å². The average Bonchev–Trinajstić information content (AvgIpc) is 2.60. The number of allylic oxidation sites excluding steroid dienone is 1. The van der Waals surface area contributed by atoms with Gasteiger partial charge in [-0.3, -0.25) is 14.9 Å². The van der Waals surface area contributed by atoms with Crippen molar-refractivity contribution in [2.24, 2.45) is 0 Å². The van der Waals surface area contributed by atoms with E-state index in [-0.39, 0.29) is 17.0 Å². The largest absolute Gasteiger partial charge is 0.495 e. The molecule has 0 unspecified atom stereocenters. The molecule has 1 fully saturated rings. The van der Waals surface area contributed by atoms with Crippen LogP contribution in [0.25, 0.3) is 0 Å². The van der Waals surface area contributed by atoms with Crippen molar-refractivity contribution in [2.45, 2.75) is 6.18 Å². The summed E-state index contributed by atoms with van der Waals surface area (Å²) in [4.78, 5) is 26.8. The first-order valence-corrected chi connectivity index (χ1v) is 7.92. The smallest absolute Gasteiger partial charge is 0.430 e. The lowest BCUT2D eigenvalue weighted by atomic mass is 10.1. The Labute approximate surface area is 153 Å². The molecule has 11 heteroatoms. The second kappa shape index (κ2) is 7.82. The monoisotopic (exact) mass is 388 g/mol. The first kappa shape index (κ1) is 20.5. The summed E-state index contributed by atoms with van der Waals surface area (Å²) >= 11 is 0. The van der Waals surface area contributed by atoms with Gasteiger partial charge in [-0.15, -0.1) is 0 Å². The summed E-state index contributed by atoms with van der Waals surface area (Å²) in [5.41, 5.74) is -2.48. The number of anilines is 1. The molecular weight excluding hydrogens is 369 g/mol. The van der Waals surface area contributed by atoms with Crippen LogP contribution < -0.4 is 10.1 Å². The fraction of sp³-hybridized carbons (Fsp3) is 0.438. The van der Waals surface area contributed by atoms with E-state index >= 15 is 0 Å². The van der Waals surface area contributed by atoms with Gasteiger partial charge in [0.05, 0.1) is 17.7 Å². The fourth-order valence-corrected chi connectivity index (χ4v) is 2.57. The number of nitro groups is 1. The number of amides is 1. The summed E-state index contributed by atoms with van der Waals surface area (Å²) in [5.74, 6) is -0.710. The van der Waals surface area contributed by atoms with Gasteiger partial charge in [0.1, 0.15) is 17.0 Å². The molecule has 8 nitrogen and oxygen atoms in total. The minimum Gasteiger partial charge on any atom is -0.495 e. The van der Waals surface area contributed by atoms with E-state index in [1.54, 1.807) is 0 Å². The third kappa shape index (κ3) is 4.67. The predicted octanol–water partition coefficient (Wildman–Crippen LogP) is 2.48. The molecule has 0 aliphatic carbocycles. The molecule has 0 aromatic heterocycles. The van der Waals surface area contributed by atoms with Crippen LogP contribution >= 0.6 is 0 Å². The Morgan fingerprint density at radius 2 is 1.89 bits per heavy atom. The van der Waals surface area contributed by atoms with Gasteiger partial charge in [0.25, 0.3) is 11.6 Å². The van der Waals surface area contributed by atoms with Crippen LogP contribution in [0.5, 0.6) is 5.75 Å². The summed E-state index contributed by atoms with van der Waals surface area (Å²) < 4.78 is 43.1. The molecule has 0 atom stereocenters. The van der Waals surface area contributed by atoms with Crippen LogP contribution in [0.3, 0.4) is 0 Å². The van der Waals surface area contributed by atoms with Gasteiger partial charge in [-0.05, 0) is 7.05 Å². The van der Waals surface area contributed by atoms with E-state index in [0.717, 1.165) is 12.1 Å². The molecule has 2 rings (SSSR count). The number of benzene rings is 1. The number of piperazine rings is 1. The molecule has 0 bridgehead atoms. The number of nitro benzene ring substituents is 1. The Bertz CT molecular complexity index is 759. The van der Waals surface area contributed by atoms with Gasteiger partial charge in [-0.1, -0.05) is 6.58 Å². The lowest BCUT2D eigenvalue weighted by Gasteiger charge is -2.32. The molecule has 0 spiro atoms. The summed E-state index contributed by atoms with van der Waals surface area (Å²) in [6, 6.07) is 1.92. The van der Waals surface area contributed by atoms with Gasteiger partial charge in [-0.2, -0.15) is 13.2 Å². The number of nitrogens with zero attached hydrogens (tertiary/aromatic N) is 3. The Balaban J connectivity index is 2.42. The van der Waals surface area contributed by atoms with Crippen molar-refractivity contribution < 1.29 is 27.6 Å². The van der Waals surface area contributed by atoms with Crippen LogP contribution in [0.4, 0.5) is 24.5 Å². The van der Waals surface area contributed by atoms with Crippen LogP contribution in [0.2, 0.25) is 0 Å². The van der Waals surface area contributed by atoms with Crippen LogP contribution in [0, 0.1) is 10.1 Å². The zero-order valence-electron chi connectivity index (χ0n) is 14.8. The van der Waals surface area contributed by atoms with Crippen molar-refractivity contribution in [3.8, 4) is 5.75 Å². The van der Waals surface area contributed by atoms with Gasteiger partial charge in [0.2, 0.25) is 0 Å². The van der Waals surface area contributed by atoms with Crippen LogP contribution in [-0.2, 0) is 0 Å². The number of hydrogen-bond acceptors (Lipinski definition) is 6. The molecule has 1 aromatic rings. The van der Waals surface area contributed by atoms with Gasteiger partial charge in [-0.25, -0.2) is 0 Å². The first-order valence-electron chi connectivity index (χ1n) is 7.92. The first-order chi connectivity index (χ1) is 12.5. The third-order valence-corrected chi connectivity index (χ3v) is 4.16. The number of alkyl halides is 3. The van der Waals surface area contributed by atoms with Crippen molar-refractivity contribution in [3.63, 3.8) is 0 Å². The number of ether oxygens (including phenoxy) is 1. The molecule has 27 heavy (non-hydrogen) atoms. The third-order valence-electron chi connectivity index (χ3n) is 4.16. The number of rotatable bonds is 5. The van der Waals surface area contributed by atoms with Gasteiger partial charge >= 0.3 is 6.18 Å². The van der Waals surface area contributed by atoms with E-state index in [0.29, 0.717) is 26.2 Å². The van der Waals surface area contributed by atoms with Crippen LogP contribution in [-0.4, -0.2) is 67.1 Å². The molecule has 1 heterocycles. The molecular formula is C16H19F3N4O4. The van der Waals surface area contributed by atoms with Crippen LogP contribution in [0.15, 0.2) is 24.4 Å². The Morgan fingerprint density at radius 1 is 1.30 bits per heavy atom. The molecule has 1 amide bonds. The normalized spacial score (nSPS) is 15.4. The maximum Gasteiger partial charge on any atom is 0.430 e. The van der Waals surface area contributed by atoms with Crippen molar-refractivity contribution >= 4 is 17.3 Å². The van der Waals surface area contributed by atoms with Crippen molar-refractivity contribution in [2.75, 3.05) is 45.7 Å². The predicted molar refractivity (Wildman–Crippen MR) is 91.9 cm³/mol. The maximum atomic E-state index is 12.7. The van der Waals surface area contributed by atoms with Crippen molar-refractivity contribution in [3.05, 3.63) is 40.1 Å². The van der Waals surface area contributed by atoms with Crippen LogP contribution in [0.1, 0.15) is 10.4 Å². The number of likely N-dealkylation sites (N-methyl/N-ethyl adjacent to an activating group) is 1. The Hall–Kier alpha value is -2.82. The molecule has 148 valence electrons. The Morgan fingerprint density at radius 3 is 2.37 bits per heavy atom. The van der Waals surface area contributed by atoms with Crippen molar-refractivity contribution in [1.82, 2.24) is 9.80 Å². The fourth-order valence-electron chi connectivity index (χ4n) is 2.57. The minimum atomic E-state index is -4.74. The van der Waals surface area contributed by atoms with E-state index in [2.05, 4.69) is 6.58 Å². The second-order valence-electron chi connectivity index (χ2n) is 6.02. The Kier molecular flexibility index (Phi) is 5.94. The molecule has 1 aliphatic heterocycles.